The molecule has 3 rings (SSSR count). The largest absolute Gasteiger partial charge is 0.385 e. The number of carbonyl (C=O) groups excluding carboxylic acids is 2. The van der Waals surface area contributed by atoms with Gasteiger partial charge in [0.2, 0.25) is 10.0 Å². The van der Waals surface area contributed by atoms with Gasteiger partial charge < -0.3 is 5.11 Å². The molecule has 7 nitrogen and oxygen atoms in total. The van der Waals surface area contributed by atoms with Crippen LogP contribution in [-0.4, -0.2) is 62.0 Å². The lowest BCUT2D eigenvalue weighted by atomic mass is 9.87. The van der Waals surface area contributed by atoms with Crippen molar-refractivity contribution in [3.8, 4) is 0 Å². The maximum Gasteiger partial charge on any atom is 0.229 e. The molecular formula is C22H24F2N2O5S. The van der Waals surface area contributed by atoms with Crippen molar-refractivity contribution in [2.75, 3.05) is 30.6 Å². The van der Waals surface area contributed by atoms with Gasteiger partial charge in [0.1, 0.15) is 6.10 Å². The Kier molecular flexibility index (Phi) is 7.37. The third-order valence-electron chi connectivity index (χ3n) is 5.43. The van der Waals surface area contributed by atoms with E-state index in [9.17, 15) is 31.9 Å². The number of aliphatic hydroxyl groups excluding tert-OH is 1. The van der Waals surface area contributed by atoms with Crippen LogP contribution in [0.1, 0.15) is 33.6 Å². The molecule has 2 aromatic rings. The molecule has 1 saturated heterocycles. The zero-order valence-electron chi connectivity index (χ0n) is 17.4. The molecule has 0 aromatic heterocycles. The smallest absolute Gasteiger partial charge is 0.229 e. The molecule has 1 fully saturated rings. The predicted molar refractivity (Wildman–Crippen MR) is 115 cm³/mol. The number of piperidine rings is 1. The summed E-state index contributed by atoms with van der Waals surface area (Å²) in [5, 5.41) is 10.4. The molecule has 1 aliphatic heterocycles. The van der Waals surface area contributed by atoms with E-state index in [-0.39, 0.29) is 23.8 Å². The molecule has 1 atom stereocenters. The number of halogens is 2. The van der Waals surface area contributed by atoms with Crippen molar-refractivity contribution >= 4 is 27.3 Å². The van der Waals surface area contributed by atoms with Crippen molar-refractivity contribution in [3.63, 3.8) is 0 Å². The predicted octanol–water partition coefficient (Wildman–Crippen LogP) is 2.47. The lowest BCUT2D eigenvalue weighted by molar-refractivity contribution is 0.0436. The quantitative estimate of drug-likeness (QED) is 0.580. The zero-order chi connectivity index (χ0) is 23.5. The highest BCUT2D eigenvalue weighted by Crippen LogP contribution is 2.24. The zero-order valence-corrected chi connectivity index (χ0v) is 18.2. The van der Waals surface area contributed by atoms with E-state index < -0.39 is 33.5 Å². The number of likely N-dealkylation sites (tertiary alicyclic amines) is 1. The monoisotopic (exact) mass is 466 g/mol. The molecule has 0 aliphatic carbocycles. The maximum atomic E-state index is 13.4. The van der Waals surface area contributed by atoms with Crippen LogP contribution in [0.15, 0.2) is 42.5 Å². The number of anilines is 1. The van der Waals surface area contributed by atoms with E-state index in [4.69, 9.17) is 0 Å². The summed E-state index contributed by atoms with van der Waals surface area (Å²) in [4.78, 5) is 26.9. The first-order valence-electron chi connectivity index (χ1n) is 10.0. The second-order valence-electron chi connectivity index (χ2n) is 7.93. The van der Waals surface area contributed by atoms with Gasteiger partial charge in [0.05, 0.1) is 12.8 Å². The summed E-state index contributed by atoms with van der Waals surface area (Å²) >= 11 is 0. The summed E-state index contributed by atoms with van der Waals surface area (Å²) in [5.74, 6) is -3.33. The minimum Gasteiger partial charge on any atom is -0.385 e. The summed E-state index contributed by atoms with van der Waals surface area (Å²) < 4.78 is 51.3. The van der Waals surface area contributed by atoms with Crippen molar-refractivity contribution in [2.45, 2.75) is 18.9 Å². The van der Waals surface area contributed by atoms with Gasteiger partial charge in [-0.25, -0.2) is 17.2 Å². The molecule has 1 unspecified atom stereocenters. The number of aliphatic hydroxyl groups is 1. The van der Waals surface area contributed by atoms with Gasteiger partial charge >= 0.3 is 0 Å². The van der Waals surface area contributed by atoms with E-state index >= 15 is 0 Å². The van der Waals surface area contributed by atoms with Gasteiger partial charge in [-0.15, -0.1) is 0 Å². The average molecular weight is 467 g/mol. The van der Waals surface area contributed by atoms with Crippen molar-refractivity contribution in [1.29, 1.82) is 0 Å². The van der Waals surface area contributed by atoms with Crippen LogP contribution >= 0.6 is 0 Å². The Balaban J connectivity index is 1.52. The first kappa shape index (κ1) is 24.0. The Morgan fingerprint density at radius 2 is 1.66 bits per heavy atom. The van der Waals surface area contributed by atoms with Crippen LogP contribution in [0, 0.1) is 17.6 Å². The summed E-state index contributed by atoms with van der Waals surface area (Å²) in [7, 11) is -3.40. The van der Waals surface area contributed by atoms with Gasteiger partial charge in [-0.2, -0.15) is 0 Å². The molecule has 0 saturated carbocycles. The van der Waals surface area contributed by atoms with Crippen LogP contribution < -0.4 is 4.72 Å². The molecule has 172 valence electrons. The van der Waals surface area contributed by atoms with E-state index in [2.05, 4.69) is 4.72 Å². The molecule has 1 aliphatic rings. The Labute approximate surface area is 185 Å². The lowest BCUT2D eigenvalue weighted by Crippen LogP contribution is -2.42. The average Bonchev–Trinajstić information content (AvgIpc) is 2.74. The van der Waals surface area contributed by atoms with Crippen molar-refractivity contribution in [1.82, 2.24) is 4.90 Å². The first-order valence-corrected chi connectivity index (χ1v) is 11.9. The second-order valence-corrected chi connectivity index (χ2v) is 9.67. The standard InChI is InChI=1S/C22H24F2N2O5S/c1-32(30,31)25-17-5-2-14(3-6-17)20(27)13-26-10-8-15(9-11-26)21(28)22(29)16-4-7-18(23)19(24)12-16/h2-7,12,15,21,25,28H,8-11,13H2,1H3. The third kappa shape index (κ3) is 6.18. The third-order valence-corrected chi connectivity index (χ3v) is 6.04. The van der Waals surface area contributed by atoms with Crippen molar-refractivity contribution in [2.24, 2.45) is 5.92 Å². The van der Waals surface area contributed by atoms with Gasteiger partial charge in [0.25, 0.3) is 0 Å². The van der Waals surface area contributed by atoms with Gasteiger partial charge in [0.15, 0.2) is 23.2 Å². The molecule has 0 radical (unpaired) electrons. The summed E-state index contributed by atoms with van der Waals surface area (Å²) in [6.07, 6.45) is 0.660. The second kappa shape index (κ2) is 9.85. The molecule has 0 bridgehead atoms. The van der Waals surface area contributed by atoms with E-state index in [0.29, 0.717) is 37.2 Å². The van der Waals surface area contributed by atoms with E-state index in [1.807, 2.05) is 4.90 Å². The Morgan fingerprint density at radius 3 is 2.22 bits per heavy atom. The van der Waals surface area contributed by atoms with Crippen molar-refractivity contribution in [3.05, 3.63) is 65.2 Å². The molecule has 0 spiro atoms. The SMILES string of the molecule is CS(=O)(=O)Nc1ccc(C(=O)CN2CCC(C(O)C(=O)c3ccc(F)c(F)c3)CC2)cc1. The van der Waals surface area contributed by atoms with Gasteiger partial charge in [0, 0.05) is 16.8 Å². The molecule has 0 amide bonds. The first-order chi connectivity index (χ1) is 15.0. The molecule has 2 N–H and O–H groups in total. The van der Waals surface area contributed by atoms with Crippen LogP contribution in [0.5, 0.6) is 0 Å². The Morgan fingerprint density at radius 1 is 1.06 bits per heavy atom. The molecule has 10 heteroatoms. The number of sulfonamides is 1. The normalized spacial score (nSPS) is 16.5. The van der Waals surface area contributed by atoms with E-state index in [0.717, 1.165) is 24.5 Å². The fourth-order valence-electron chi connectivity index (χ4n) is 3.69. The highest BCUT2D eigenvalue weighted by molar-refractivity contribution is 7.92. The number of ketones is 2. The molecular weight excluding hydrogens is 442 g/mol. The van der Waals surface area contributed by atoms with Crippen LogP contribution in [0.2, 0.25) is 0 Å². The van der Waals surface area contributed by atoms with Crippen LogP contribution in [0.25, 0.3) is 0 Å². The van der Waals surface area contributed by atoms with Crippen LogP contribution in [0.3, 0.4) is 0 Å². The number of benzene rings is 2. The number of carbonyl (C=O) groups is 2. The number of rotatable bonds is 8. The van der Waals surface area contributed by atoms with Gasteiger partial charge in [-0.1, -0.05) is 0 Å². The topological polar surface area (TPSA) is 104 Å². The lowest BCUT2D eigenvalue weighted by Gasteiger charge is -2.33. The highest BCUT2D eigenvalue weighted by atomic mass is 32.2. The van der Waals surface area contributed by atoms with Crippen LogP contribution in [0.4, 0.5) is 14.5 Å². The fourth-order valence-corrected chi connectivity index (χ4v) is 4.26. The minimum absolute atomic E-state index is 0.0807. The summed E-state index contributed by atoms with van der Waals surface area (Å²) in [5.41, 5.74) is 0.729. The minimum atomic E-state index is -3.40. The van der Waals surface area contributed by atoms with Crippen LogP contribution in [-0.2, 0) is 10.0 Å². The van der Waals surface area contributed by atoms with E-state index in [1.165, 1.54) is 12.1 Å². The van der Waals surface area contributed by atoms with Crippen molar-refractivity contribution < 1.29 is 31.9 Å². The molecule has 32 heavy (non-hydrogen) atoms. The van der Waals surface area contributed by atoms with Gasteiger partial charge in [-0.3, -0.25) is 19.2 Å². The Bertz CT molecular complexity index is 1100. The number of Topliss-reactive ketones (excluding diaryl/α,β-unsaturated/α-hetero) is 2. The summed E-state index contributed by atoms with van der Waals surface area (Å²) in [6, 6.07) is 8.91. The number of nitrogens with zero attached hydrogens (tertiary/aromatic N) is 1. The number of hydrogen-bond acceptors (Lipinski definition) is 6. The maximum absolute atomic E-state index is 13.4. The number of nitrogens with one attached hydrogen (secondary N) is 1. The Hall–Kier alpha value is -2.69. The van der Waals surface area contributed by atoms with E-state index in [1.54, 1.807) is 12.1 Å². The fraction of sp³-hybridized carbons (Fsp3) is 0.364. The molecule has 1 heterocycles. The number of hydrogen-bond donors (Lipinski definition) is 2. The highest BCUT2D eigenvalue weighted by Gasteiger charge is 2.31. The molecule has 2 aromatic carbocycles. The van der Waals surface area contributed by atoms with Gasteiger partial charge in [-0.05, 0) is 74.3 Å². The summed E-state index contributed by atoms with van der Waals surface area (Å²) in [6.45, 7) is 1.14.